The molecule has 19 heavy (non-hydrogen) atoms. The molecule has 0 aromatic carbocycles. The van der Waals surface area contributed by atoms with Gasteiger partial charge in [-0.2, -0.15) is 0 Å². The first-order chi connectivity index (χ1) is 9.22. The van der Waals surface area contributed by atoms with Crippen molar-refractivity contribution in [3.05, 3.63) is 24.4 Å². The van der Waals surface area contributed by atoms with Crippen molar-refractivity contribution in [2.45, 2.75) is 24.8 Å². The van der Waals surface area contributed by atoms with E-state index in [9.17, 15) is 9.59 Å². The van der Waals surface area contributed by atoms with Crippen LogP contribution >= 0.6 is 21.6 Å². The molecule has 0 fully saturated rings. The fourth-order valence-electron chi connectivity index (χ4n) is 1.07. The summed E-state index contributed by atoms with van der Waals surface area (Å²) in [6.45, 7) is 1.85. The largest absolute Gasteiger partial charge is 0.516 e. The second-order valence-corrected chi connectivity index (χ2v) is 5.77. The van der Waals surface area contributed by atoms with E-state index >= 15 is 0 Å². The Morgan fingerprint density at radius 2 is 2.21 bits per heavy atom. The van der Waals surface area contributed by atoms with Crippen LogP contribution in [0.5, 0.6) is 0 Å². The van der Waals surface area contributed by atoms with Crippen LogP contribution in [0.4, 0.5) is 4.79 Å². The minimum atomic E-state index is -0.928. The highest BCUT2D eigenvalue weighted by Crippen LogP contribution is 2.29. The van der Waals surface area contributed by atoms with Gasteiger partial charge in [-0.05, 0) is 36.3 Å². The first-order valence-corrected chi connectivity index (χ1v) is 8.12. The van der Waals surface area contributed by atoms with Gasteiger partial charge in [-0.15, -0.1) is 0 Å². The highest BCUT2D eigenvalue weighted by molar-refractivity contribution is 8.76. The summed E-state index contributed by atoms with van der Waals surface area (Å²) in [6.07, 6.45) is 1.65. The van der Waals surface area contributed by atoms with Crippen LogP contribution in [0.25, 0.3) is 0 Å². The summed E-state index contributed by atoms with van der Waals surface area (Å²) < 4.78 is 8.93. The maximum Gasteiger partial charge on any atom is 0.516 e. The molecular formula is C12H15NO4S2. The molecule has 7 heteroatoms. The number of carbonyl (C=O) groups is 2. The number of esters is 1. The Bertz CT molecular complexity index is 400. The van der Waals surface area contributed by atoms with Crippen LogP contribution in [0.3, 0.4) is 0 Å². The number of carbonyl (C=O) groups excluding carboxylic acids is 2. The Kier molecular flexibility index (Phi) is 8.08. The van der Waals surface area contributed by atoms with Crippen LogP contribution in [0.15, 0.2) is 29.4 Å². The van der Waals surface area contributed by atoms with Crippen molar-refractivity contribution in [3.8, 4) is 0 Å². The first kappa shape index (κ1) is 15.8. The van der Waals surface area contributed by atoms with Crippen LogP contribution in [0.1, 0.15) is 19.8 Å². The molecule has 0 bridgehead atoms. The van der Waals surface area contributed by atoms with Crippen LogP contribution < -0.4 is 0 Å². The van der Waals surface area contributed by atoms with Crippen molar-refractivity contribution in [3.63, 3.8) is 0 Å². The van der Waals surface area contributed by atoms with E-state index in [-0.39, 0.29) is 13.0 Å². The second-order valence-electron chi connectivity index (χ2n) is 3.33. The zero-order valence-electron chi connectivity index (χ0n) is 10.5. The molecule has 0 saturated carbocycles. The molecule has 1 aromatic heterocycles. The monoisotopic (exact) mass is 301 g/mol. The van der Waals surface area contributed by atoms with E-state index in [2.05, 4.69) is 14.5 Å². The zero-order chi connectivity index (χ0) is 13.9. The Labute approximate surface area is 119 Å². The average Bonchev–Trinajstić information content (AvgIpc) is 2.39. The molecule has 0 amide bonds. The van der Waals surface area contributed by atoms with Crippen molar-refractivity contribution in [1.82, 2.24) is 4.98 Å². The summed E-state index contributed by atoms with van der Waals surface area (Å²) in [4.78, 5) is 26.2. The number of ether oxygens (including phenoxy) is 2. The van der Waals surface area contributed by atoms with E-state index in [0.717, 1.165) is 10.8 Å². The van der Waals surface area contributed by atoms with Gasteiger partial charge in [0.05, 0.1) is 6.61 Å². The third kappa shape index (κ3) is 7.74. The molecule has 104 valence electrons. The Hall–Kier alpha value is -1.21. The smallest absolute Gasteiger partial charge is 0.434 e. The minimum Gasteiger partial charge on any atom is -0.434 e. The van der Waals surface area contributed by atoms with E-state index in [1.54, 1.807) is 34.7 Å². The van der Waals surface area contributed by atoms with Crippen LogP contribution in [0, 0.1) is 0 Å². The average molecular weight is 301 g/mol. The summed E-state index contributed by atoms with van der Waals surface area (Å²) in [5.74, 6) is 0.223. The van der Waals surface area contributed by atoms with Gasteiger partial charge < -0.3 is 9.47 Å². The summed E-state index contributed by atoms with van der Waals surface area (Å²) in [5, 5.41) is 0.932. The first-order valence-electron chi connectivity index (χ1n) is 5.80. The van der Waals surface area contributed by atoms with Crippen LogP contribution in [-0.2, 0) is 14.3 Å². The zero-order valence-corrected chi connectivity index (χ0v) is 12.2. The van der Waals surface area contributed by atoms with E-state index < -0.39 is 12.1 Å². The fourth-order valence-corrected chi connectivity index (χ4v) is 3.03. The van der Waals surface area contributed by atoms with Crippen molar-refractivity contribution in [2.24, 2.45) is 0 Å². The Morgan fingerprint density at radius 3 is 2.89 bits per heavy atom. The van der Waals surface area contributed by atoms with E-state index in [1.165, 1.54) is 0 Å². The fraction of sp³-hybridized carbons (Fsp3) is 0.417. The standard InChI is InChI=1S/C12H15NO4S2/c1-2-16-12(15)17-11(14)7-5-9-18-19-10-6-3-4-8-13-10/h3-4,6,8H,2,5,7,9H2,1H3. The van der Waals surface area contributed by atoms with Crippen molar-refractivity contribution in [2.75, 3.05) is 12.4 Å². The molecule has 0 spiro atoms. The molecule has 0 aliphatic heterocycles. The Morgan fingerprint density at radius 1 is 1.37 bits per heavy atom. The van der Waals surface area contributed by atoms with E-state index in [1.807, 2.05) is 18.2 Å². The molecule has 5 nitrogen and oxygen atoms in total. The second kappa shape index (κ2) is 9.69. The maximum absolute atomic E-state index is 11.2. The van der Waals surface area contributed by atoms with Gasteiger partial charge in [-0.3, -0.25) is 4.79 Å². The predicted molar refractivity (Wildman–Crippen MR) is 74.9 cm³/mol. The van der Waals surface area contributed by atoms with Gasteiger partial charge in [0.1, 0.15) is 5.03 Å². The highest BCUT2D eigenvalue weighted by atomic mass is 33.1. The molecule has 1 rings (SSSR count). The summed E-state index contributed by atoms with van der Waals surface area (Å²) in [6, 6.07) is 5.71. The topological polar surface area (TPSA) is 65.5 Å². The molecule has 1 heterocycles. The SMILES string of the molecule is CCOC(=O)OC(=O)CCCSSc1ccccn1. The molecule has 0 aliphatic carbocycles. The molecular weight excluding hydrogens is 286 g/mol. The molecule has 0 saturated heterocycles. The molecule has 1 aromatic rings. The van der Waals surface area contributed by atoms with Gasteiger partial charge in [0.2, 0.25) is 0 Å². The lowest BCUT2D eigenvalue weighted by atomic mass is 10.3. The van der Waals surface area contributed by atoms with Gasteiger partial charge in [-0.25, -0.2) is 9.78 Å². The number of hydrogen-bond acceptors (Lipinski definition) is 7. The summed E-state index contributed by atoms with van der Waals surface area (Å²) in [5.41, 5.74) is 0. The van der Waals surface area contributed by atoms with E-state index in [0.29, 0.717) is 6.42 Å². The van der Waals surface area contributed by atoms with Crippen molar-refractivity contribution in [1.29, 1.82) is 0 Å². The third-order valence-electron chi connectivity index (χ3n) is 1.85. The lowest BCUT2D eigenvalue weighted by molar-refractivity contribution is -0.139. The van der Waals surface area contributed by atoms with Crippen LogP contribution in [-0.4, -0.2) is 29.5 Å². The number of nitrogens with zero attached hydrogens (tertiary/aromatic N) is 1. The van der Waals surface area contributed by atoms with E-state index in [4.69, 9.17) is 0 Å². The Balaban J connectivity index is 2.04. The summed E-state index contributed by atoms with van der Waals surface area (Å²) in [7, 11) is 3.16. The van der Waals surface area contributed by atoms with Gasteiger partial charge in [-0.1, -0.05) is 16.9 Å². The molecule has 0 N–H and O–H groups in total. The van der Waals surface area contributed by atoms with Gasteiger partial charge in [0, 0.05) is 18.4 Å². The normalized spacial score (nSPS) is 9.95. The van der Waals surface area contributed by atoms with Crippen molar-refractivity contribution < 1.29 is 19.1 Å². The highest BCUT2D eigenvalue weighted by Gasteiger charge is 2.10. The van der Waals surface area contributed by atoms with Gasteiger partial charge in [0.15, 0.2) is 0 Å². The van der Waals surface area contributed by atoms with Crippen molar-refractivity contribution >= 4 is 33.7 Å². The third-order valence-corrected chi connectivity index (χ3v) is 4.20. The number of pyridine rings is 1. The van der Waals surface area contributed by atoms with Crippen LogP contribution in [0.2, 0.25) is 0 Å². The minimum absolute atomic E-state index is 0.197. The van der Waals surface area contributed by atoms with Gasteiger partial charge >= 0.3 is 12.1 Å². The summed E-state index contributed by atoms with van der Waals surface area (Å²) >= 11 is 0. The number of hydrogen-bond donors (Lipinski definition) is 0. The lowest BCUT2D eigenvalue weighted by Gasteiger charge is -2.02. The number of aromatic nitrogens is 1. The maximum atomic E-state index is 11.2. The molecule has 0 atom stereocenters. The lowest BCUT2D eigenvalue weighted by Crippen LogP contribution is -2.13. The molecule has 0 aliphatic rings. The quantitative estimate of drug-likeness (QED) is 0.331. The molecule has 0 radical (unpaired) electrons. The number of rotatable bonds is 7. The predicted octanol–water partition coefficient (Wildman–Crippen LogP) is 3.30. The molecule has 0 unspecified atom stereocenters. The van der Waals surface area contributed by atoms with Gasteiger partial charge in [0.25, 0.3) is 0 Å².